The predicted octanol–water partition coefficient (Wildman–Crippen LogP) is 7.28. The highest BCUT2D eigenvalue weighted by molar-refractivity contribution is 6.16. The van der Waals surface area contributed by atoms with Crippen LogP contribution in [0.25, 0.3) is 43.7 Å². The minimum absolute atomic E-state index is 0.730. The van der Waals surface area contributed by atoms with Gasteiger partial charge < -0.3 is 8.98 Å². The van der Waals surface area contributed by atoms with E-state index in [2.05, 4.69) is 60.1 Å². The molecule has 27 heavy (non-hydrogen) atoms. The van der Waals surface area contributed by atoms with Gasteiger partial charge in [-0.25, -0.2) is 0 Å². The van der Waals surface area contributed by atoms with Crippen molar-refractivity contribution in [2.75, 3.05) is 0 Å². The molecule has 0 N–H and O–H groups in total. The molecule has 6 rings (SSSR count). The highest BCUT2D eigenvalue weighted by Gasteiger charge is 2.18. The summed E-state index contributed by atoms with van der Waals surface area (Å²) in [5.41, 5.74) is 6.06. The first-order valence-corrected chi connectivity index (χ1v) is 10.1. The Bertz CT molecular complexity index is 1310. The van der Waals surface area contributed by atoms with Gasteiger partial charge in [0.15, 0.2) is 0 Å². The topological polar surface area (TPSA) is 18.1 Å². The molecule has 2 heteroatoms. The van der Waals surface area contributed by atoms with Crippen LogP contribution in [0.2, 0.25) is 0 Å². The number of hydrogen-bond acceptors (Lipinski definition) is 1. The summed E-state index contributed by atoms with van der Waals surface area (Å²) in [6, 6.07) is 20.0. The van der Waals surface area contributed by atoms with Crippen molar-refractivity contribution in [3.63, 3.8) is 0 Å². The van der Waals surface area contributed by atoms with E-state index in [1.807, 2.05) is 6.07 Å². The van der Waals surface area contributed by atoms with E-state index >= 15 is 0 Å². The van der Waals surface area contributed by atoms with Gasteiger partial charge in [-0.1, -0.05) is 43.5 Å². The number of hydrogen-bond donors (Lipinski definition) is 0. The maximum absolute atomic E-state index is 6.16. The number of fused-ring (bicyclic) bond motifs is 6. The Hall–Kier alpha value is -2.74. The number of para-hydroxylation sites is 1. The molecule has 0 amide bonds. The SMILES string of the molecule is Cn1c2ccc(C3CCCCC3)cc2c2cc3oc4ccccc4c3cc21. The van der Waals surface area contributed by atoms with Gasteiger partial charge in [0.05, 0.1) is 0 Å². The zero-order valence-electron chi connectivity index (χ0n) is 15.7. The average Bonchev–Trinajstić information content (AvgIpc) is 3.22. The minimum Gasteiger partial charge on any atom is -0.456 e. The summed E-state index contributed by atoms with van der Waals surface area (Å²) >= 11 is 0. The second kappa shape index (κ2) is 5.63. The van der Waals surface area contributed by atoms with Crippen molar-refractivity contribution in [3.05, 3.63) is 60.2 Å². The van der Waals surface area contributed by atoms with Crippen molar-refractivity contribution in [3.8, 4) is 0 Å². The number of rotatable bonds is 1. The standard InChI is InChI=1S/C25H23NO/c1-26-22-12-11-17(16-7-3-2-4-8-16)13-19(22)20-15-25-21(14-23(20)26)18-9-5-6-10-24(18)27-25/h5-6,9-16H,2-4,7-8H2,1H3. The molecule has 2 heterocycles. The van der Waals surface area contributed by atoms with Crippen LogP contribution in [-0.2, 0) is 7.05 Å². The summed E-state index contributed by atoms with van der Waals surface area (Å²) in [7, 11) is 2.18. The molecule has 2 aromatic heterocycles. The third kappa shape index (κ3) is 2.19. The van der Waals surface area contributed by atoms with Gasteiger partial charge in [-0.05, 0) is 54.7 Å². The number of nitrogens with zero attached hydrogens (tertiary/aromatic N) is 1. The largest absolute Gasteiger partial charge is 0.456 e. The van der Waals surface area contributed by atoms with Crippen LogP contribution in [0.4, 0.5) is 0 Å². The number of aryl methyl sites for hydroxylation is 1. The van der Waals surface area contributed by atoms with Crippen molar-refractivity contribution >= 4 is 43.7 Å². The van der Waals surface area contributed by atoms with Crippen molar-refractivity contribution < 1.29 is 4.42 Å². The molecular formula is C25H23NO. The van der Waals surface area contributed by atoms with E-state index in [1.165, 1.54) is 70.2 Å². The lowest BCUT2D eigenvalue weighted by Crippen LogP contribution is -2.04. The van der Waals surface area contributed by atoms with Gasteiger partial charge in [-0.3, -0.25) is 0 Å². The Morgan fingerprint density at radius 2 is 1.56 bits per heavy atom. The Labute approximate surface area is 158 Å². The van der Waals surface area contributed by atoms with Gasteiger partial charge in [-0.15, -0.1) is 0 Å². The lowest BCUT2D eigenvalue weighted by molar-refractivity contribution is 0.444. The zero-order chi connectivity index (χ0) is 18.0. The van der Waals surface area contributed by atoms with Gasteiger partial charge in [0.2, 0.25) is 0 Å². The molecule has 2 nitrogen and oxygen atoms in total. The van der Waals surface area contributed by atoms with E-state index in [4.69, 9.17) is 4.42 Å². The fraction of sp³-hybridized carbons (Fsp3) is 0.280. The fourth-order valence-corrected chi connectivity index (χ4v) is 5.13. The normalized spacial score (nSPS) is 16.2. The Morgan fingerprint density at radius 1 is 0.741 bits per heavy atom. The van der Waals surface area contributed by atoms with Gasteiger partial charge in [0.25, 0.3) is 0 Å². The molecule has 134 valence electrons. The second-order valence-electron chi connectivity index (χ2n) is 8.13. The van der Waals surface area contributed by atoms with E-state index in [1.54, 1.807) is 0 Å². The molecule has 5 aromatic rings. The maximum atomic E-state index is 6.16. The predicted molar refractivity (Wildman–Crippen MR) is 114 cm³/mol. The van der Waals surface area contributed by atoms with Gasteiger partial charge in [0.1, 0.15) is 11.2 Å². The van der Waals surface area contributed by atoms with E-state index in [9.17, 15) is 0 Å². The van der Waals surface area contributed by atoms with Gasteiger partial charge in [0, 0.05) is 39.6 Å². The molecule has 3 aromatic carbocycles. The zero-order valence-corrected chi connectivity index (χ0v) is 15.7. The van der Waals surface area contributed by atoms with Crippen LogP contribution in [0.3, 0.4) is 0 Å². The molecule has 0 aliphatic heterocycles. The summed E-state index contributed by atoms with van der Waals surface area (Å²) in [6.45, 7) is 0. The smallest absolute Gasteiger partial charge is 0.136 e. The molecule has 1 aliphatic rings. The number of benzene rings is 3. The van der Waals surface area contributed by atoms with E-state index in [-0.39, 0.29) is 0 Å². The Morgan fingerprint density at radius 3 is 2.44 bits per heavy atom. The maximum Gasteiger partial charge on any atom is 0.136 e. The van der Waals surface area contributed by atoms with Crippen LogP contribution in [0.1, 0.15) is 43.6 Å². The Balaban J connectivity index is 1.64. The molecule has 0 atom stereocenters. The summed E-state index contributed by atoms with van der Waals surface area (Å²) in [4.78, 5) is 0. The van der Waals surface area contributed by atoms with Crippen LogP contribution < -0.4 is 0 Å². The Kier molecular flexibility index (Phi) is 3.19. The van der Waals surface area contributed by atoms with Crippen LogP contribution >= 0.6 is 0 Å². The molecule has 1 aliphatic carbocycles. The summed E-state index contributed by atoms with van der Waals surface area (Å²) in [6.07, 6.45) is 6.82. The average molecular weight is 353 g/mol. The van der Waals surface area contributed by atoms with E-state index in [0.717, 1.165) is 17.1 Å². The summed E-state index contributed by atoms with van der Waals surface area (Å²) in [5.74, 6) is 0.730. The van der Waals surface area contributed by atoms with Crippen LogP contribution in [0, 0.1) is 0 Å². The van der Waals surface area contributed by atoms with Crippen LogP contribution in [0.5, 0.6) is 0 Å². The first-order chi connectivity index (χ1) is 13.3. The molecule has 0 unspecified atom stereocenters. The number of aromatic nitrogens is 1. The molecule has 0 spiro atoms. The quantitative estimate of drug-likeness (QED) is 0.310. The second-order valence-corrected chi connectivity index (χ2v) is 8.13. The van der Waals surface area contributed by atoms with Crippen molar-refractivity contribution in [1.29, 1.82) is 0 Å². The first-order valence-electron chi connectivity index (χ1n) is 10.1. The highest BCUT2D eigenvalue weighted by Crippen LogP contribution is 2.39. The van der Waals surface area contributed by atoms with Crippen molar-refractivity contribution in [2.45, 2.75) is 38.0 Å². The number of furan rings is 1. The molecule has 0 saturated heterocycles. The minimum atomic E-state index is 0.730. The fourth-order valence-electron chi connectivity index (χ4n) is 5.13. The monoisotopic (exact) mass is 353 g/mol. The molecule has 1 saturated carbocycles. The third-order valence-electron chi connectivity index (χ3n) is 6.61. The lowest BCUT2D eigenvalue weighted by atomic mass is 9.84. The highest BCUT2D eigenvalue weighted by atomic mass is 16.3. The lowest BCUT2D eigenvalue weighted by Gasteiger charge is -2.22. The molecule has 1 fully saturated rings. The van der Waals surface area contributed by atoms with Crippen molar-refractivity contribution in [1.82, 2.24) is 4.57 Å². The molecule has 0 bridgehead atoms. The summed E-state index contributed by atoms with van der Waals surface area (Å²) < 4.78 is 8.49. The van der Waals surface area contributed by atoms with E-state index in [0.29, 0.717) is 0 Å². The van der Waals surface area contributed by atoms with Crippen LogP contribution in [-0.4, -0.2) is 4.57 Å². The third-order valence-corrected chi connectivity index (χ3v) is 6.61. The van der Waals surface area contributed by atoms with E-state index < -0.39 is 0 Å². The molecular weight excluding hydrogens is 330 g/mol. The van der Waals surface area contributed by atoms with Crippen LogP contribution in [0.15, 0.2) is 59.0 Å². The van der Waals surface area contributed by atoms with Gasteiger partial charge >= 0.3 is 0 Å². The molecule has 0 radical (unpaired) electrons. The summed E-state index contributed by atoms with van der Waals surface area (Å²) in [5, 5.41) is 5.06. The van der Waals surface area contributed by atoms with Gasteiger partial charge in [-0.2, -0.15) is 0 Å². The first kappa shape index (κ1) is 15.3. The van der Waals surface area contributed by atoms with Crippen molar-refractivity contribution in [2.24, 2.45) is 7.05 Å².